The minimum Gasteiger partial charge on any atom is -0.381 e. The average molecular weight is 243 g/mol. The van der Waals surface area contributed by atoms with Crippen LogP contribution >= 0.6 is 15.9 Å². The van der Waals surface area contributed by atoms with Crippen molar-refractivity contribution in [3.63, 3.8) is 0 Å². The van der Waals surface area contributed by atoms with Crippen molar-refractivity contribution >= 4 is 21.7 Å². The molecule has 0 radical (unpaired) electrons. The Labute approximate surface area is 85.7 Å². The second-order valence-corrected chi connectivity index (χ2v) is 3.69. The van der Waals surface area contributed by atoms with Crippen LogP contribution in [-0.2, 0) is 4.79 Å². The fourth-order valence-electron chi connectivity index (χ4n) is 1.06. The van der Waals surface area contributed by atoms with E-state index in [1.807, 2.05) is 6.07 Å². The number of hydrogen-bond acceptors (Lipinski definition) is 2. The van der Waals surface area contributed by atoms with E-state index < -0.39 is 6.10 Å². The molecule has 0 aliphatic rings. The first-order valence-corrected chi connectivity index (χ1v) is 4.90. The summed E-state index contributed by atoms with van der Waals surface area (Å²) in [5.41, 5.74) is 0.640. The number of hydrogen-bond donors (Lipinski definition) is 1. The molecule has 0 saturated heterocycles. The van der Waals surface area contributed by atoms with Crippen molar-refractivity contribution in [1.29, 1.82) is 0 Å². The Morgan fingerprint density at radius 3 is 2.85 bits per heavy atom. The SMILES string of the molecule is CCC(=O)C(O)c1cccc(Br)c1. The molecule has 1 aromatic rings. The van der Waals surface area contributed by atoms with Crippen LogP contribution < -0.4 is 0 Å². The van der Waals surface area contributed by atoms with Crippen molar-refractivity contribution in [2.45, 2.75) is 19.4 Å². The third-order valence-corrected chi connectivity index (χ3v) is 2.31. The molecule has 2 nitrogen and oxygen atoms in total. The number of Topliss-reactive ketones (excluding diaryl/α,β-unsaturated/α-hetero) is 1. The van der Waals surface area contributed by atoms with E-state index in [1.165, 1.54) is 0 Å². The highest BCUT2D eigenvalue weighted by atomic mass is 79.9. The van der Waals surface area contributed by atoms with E-state index >= 15 is 0 Å². The van der Waals surface area contributed by atoms with Gasteiger partial charge in [0, 0.05) is 10.9 Å². The molecule has 1 aromatic carbocycles. The summed E-state index contributed by atoms with van der Waals surface area (Å²) in [4.78, 5) is 11.2. The van der Waals surface area contributed by atoms with Gasteiger partial charge < -0.3 is 5.11 Å². The highest BCUT2D eigenvalue weighted by molar-refractivity contribution is 9.10. The van der Waals surface area contributed by atoms with Crippen LogP contribution in [0.1, 0.15) is 25.0 Å². The van der Waals surface area contributed by atoms with Gasteiger partial charge >= 0.3 is 0 Å². The van der Waals surface area contributed by atoms with E-state index in [4.69, 9.17) is 0 Å². The summed E-state index contributed by atoms with van der Waals surface area (Å²) < 4.78 is 0.868. The lowest BCUT2D eigenvalue weighted by Crippen LogP contribution is -2.10. The maximum atomic E-state index is 11.2. The molecular weight excluding hydrogens is 232 g/mol. The van der Waals surface area contributed by atoms with Crippen LogP contribution in [0.25, 0.3) is 0 Å². The fraction of sp³-hybridized carbons (Fsp3) is 0.300. The van der Waals surface area contributed by atoms with Gasteiger partial charge in [0.2, 0.25) is 0 Å². The van der Waals surface area contributed by atoms with Crippen molar-refractivity contribution in [1.82, 2.24) is 0 Å². The third-order valence-electron chi connectivity index (χ3n) is 1.82. The number of benzene rings is 1. The number of carbonyl (C=O) groups excluding carboxylic acids is 1. The topological polar surface area (TPSA) is 37.3 Å². The quantitative estimate of drug-likeness (QED) is 0.885. The summed E-state index contributed by atoms with van der Waals surface area (Å²) in [7, 11) is 0. The minimum absolute atomic E-state index is 0.155. The third kappa shape index (κ3) is 2.64. The largest absolute Gasteiger partial charge is 0.381 e. The van der Waals surface area contributed by atoms with Crippen molar-refractivity contribution in [2.75, 3.05) is 0 Å². The fourth-order valence-corrected chi connectivity index (χ4v) is 1.47. The molecule has 0 aromatic heterocycles. The van der Waals surface area contributed by atoms with Crippen LogP contribution in [-0.4, -0.2) is 10.9 Å². The maximum Gasteiger partial charge on any atom is 0.165 e. The molecule has 1 rings (SSSR count). The van der Waals surface area contributed by atoms with Crippen molar-refractivity contribution < 1.29 is 9.90 Å². The van der Waals surface area contributed by atoms with Crippen molar-refractivity contribution in [3.05, 3.63) is 34.3 Å². The van der Waals surface area contributed by atoms with E-state index in [-0.39, 0.29) is 5.78 Å². The number of rotatable bonds is 3. The molecule has 0 aliphatic heterocycles. The zero-order chi connectivity index (χ0) is 9.84. The second kappa shape index (κ2) is 4.53. The molecule has 1 atom stereocenters. The molecular formula is C10H11BrO2. The summed E-state index contributed by atoms with van der Waals surface area (Å²) >= 11 is 3.28. The highest BCUT2D eigenvalue weighted by Crippen LogP contribution is 2.19. The van der Waals surface area contributed by atoms with Gasteiger partial charge in [0.1, 0.15) is 6.10 Å². The summed E-state index contributed by atoms with van der Waals surface area (Å²) in [6.07, 6.45) is -0.629. The van der Waals surface area contributed by atoms with Gasteiger partial charge in [0.05, 0.1) is 0 Å². The zero-order valence-corrected chi connectivity index (χ0v) is 8.91. The number of ketones is 1. The molecule has 0 heterocycles. The second-order valence-electron chi connectivity index (χ2n) is 2.78. The molecule has 0 amide bonds. The molecule has 13 heavy (non-hydrogen) atoms. The summed E-state index contributed by atoms with van der Waals surface area (Å²) in [6, 6.07) is 7.14. The number of halogens is 1. The Hall–Kier alpha value is -0.670. The number of carbonyl (C=O) groups is 1. The van der Waals surface area contributed by atoms with Crippen molar-refractivity contribution in [3.8, 4) is 0 Å². The standard InChI is InChI=1S/C10H11BrO2/c1-2-9(12)10(13)7-4-3-5-8(11)6-7/h3-6,10,13H,2H2,1H3. The van der Waals surface area contributed by atoms with E-state index in [0.717, 1.165) is 4.47 Å². The van der Waals surface area contributed by atoms with Crippen molar-refractivity contribution in [2.24, 2.45) is 0 Å². The Morgan fingerprint density at radius 2 is 2.31 bits per heavy atom. The van der Waals surface area contributed by atoms with Crippen LogP contribution in [0.2, 0.25) is 0 Å². The van der Waals surface area contributed by atoms with Crippen LogP contribution in [0, 0.1) is 0 Å². The average Bonchev–Trinajstić information content (AvgIpc) is 2.15. The first-order chi connectivity index (χ1) is 6.15. The lowest BCUT2D eigenvalue weighted by atomic mass is 10.0. The van der Waals surface area contributed by atoms with Gasteiger partial charge in [-0.3, -0.25) is 4.79 Å². The predicted molar refractivity (Wildman–Crippen MR) is 54.4 cm³/mol. The van der Waals surface area contributed by atoms with Gasteiger partial charge in [0.25, 0.3) is 0 Å². The normalized spacial score (nSPS) is 12.5. The van der Waals surface area contributed by atoms with Gasteiger partial charge in [-0.15, -0.1) is 0 Å². The predicted octanol–water partition coefficient (Wildman–Crippen LogP) is 2.46. The monoisotopic (exact) mass is 242 g/mol. The smallest absolute Gasteiger partial charge is 0.165 e. The Bertz CT molecular complexity index is 310. The van der Waals surface area contributed by atoms with Gasteiger partial charge in [-0.25, -0.2) is 0 Å². The Balaban J connectivity index is 2.88. The molecule has 0 fully saturated rings. The van der Waals surface area contributed by atoms with E-state index in [9.17, 15) is 9.90 Å². The number of aliphatic hydroxyl groups is 1. The molecule has 1 unspecified atom stereocenters. The number of aliphatic hydroxyl groups excluding tert-OH is 1. The van der Waals surface area contributed by atoms with E-state index in [1.54, 1.807) is 25.1 Å². The van der Waals surface area contributed by atoms with Crippen LogP contribution in [0.15, 0.2) is 28.7 Å². The molecule has 3 heteroatoms. The lowest BCUT2D eigenvalue weighted by Gasteiger charge is -2.08. The Morgan fingerprint density at radius 1 is 1.62 bits per heavy atom. The molecule has 1 N–H and O–H groups in total. The molecule has 0 saturated carbocycles. The van der Waals surface area contributed by atoms with Crippen LogP contribution in [0.3, 0.4) is 0 Å². The molecule has 0 spiro atoms. The van der Waals surface area contributed by atoms with Crippen LogP contribution in [0.4, 0.5) is 0 Å². The summed E-state index contributed by atoms with van der Waals surface area (Å²) in [6.45, 7) is 1.74. The lowest BCUT2D eigenvalue weighted by molar-refractivity contribution is -0.127. The summed E-state index contributed by atoms with van der Waals surface area (Å²) in [5.74, 6) is -0.155. The molecule has 0 bridgehead atoms. The van der Waals surface area contributed by atoms with Gasteiger partial charge in [-0.1, -0.05) is 35.0 Å². The molecule has 70 valence electrons. The van der Waals surface area contributed by atoms with Gasteiger partial charge in [-0.2, -0.15) is 0 Å². The molecule has 0 aliphatic carbocycles. The van der Waals surface area contributed by atoms with Gasteiger partial charge in [-0.05, 0) is 17.7 Å². The first-order valence-electron chi connectivity index (χ1n) is 4.11. The van der Waals surface area contributed by atoms with Crippen LogP contribution in [0.5, 0.6) is 0 Å². The zero-order valence-electron chi connectivity index (χ0n) is 7.33. The first kappa shape index (κ1) is 10.4. The van der Waals surface area contributed by atoms with Gasteiger partial charge in [0.15, 0.2) is 5.78 Å². The minimum atomic E-state index is -0.984. The Kier molecular flexibility index (Phi) is 3.63. The van der Waals surface area contributed by atoms with E-state index in [0.29, 0.717) is 12.0 Å². The highest BCUT2D eigenvalue weighted by Gasteiger charge is 2.14. The van der Waals surface area contributed by atoms with E-state index in [2.05, 4.69) is 15.9 Å². The summed E-state index contributed by atoms with van der Waals surface area (Å²) in [5, 5.41) is 9.54. The maximum absolute atomic E-state index is 11.2.